The third-order valence-corrected chi connectivity index (χ3v) is 4.48. The number of carbonyl (C=O) groups is 2. The lowest BCUT2D eigenvalue weighted by molar-refractivity contribution is 0.0819. The molecule has 0 bridgehead atoms. The molecule has 0 atom stereocenters. The van der Waals surface area contributed by atoms with Gasteiger partial charge in [-0.15, -0.1) is 11.8 Å². The van der Waals surface area contributed by atoms with Crippen LogP contribution >= 0.6 is 11.8 Å². The number of anilines is 1. The van der Waals surface area contributed by atoms with Crippen LogP contribution in [0.3, 0.4) is 0 Å². The standard InChI is InChI=1S/C18H18N4O2S/c1-3-22(18(24)13-8-6-10-19-17(13)25-2)11-15-20-14-9-5-4-7-12(14)16(23)21-15/h4-11,20H,3H2,1-2H3,(H,21,23)/b15-11+. The van der Waals surface area contributed by atoms with Gasteiger partial charge in [0.2, 0.25) is 0 Å². The Bertz CT molecular complexity index is 850. The van der Waals surface area contributed by atoms with Crippen LogP contribution in [0.5, 0.6) is 0 Å². The molecule has 2 N–H and O–H groups in total. The van der Waals surface area contributed by atoms with Crippen LogP contribution in [-0.2, 0) is 0 Å². The van der Waals surface area contributed by atoms with Crippen LogP contribution in [0.2, 0.25) is 0 Å². The average Bonchev–Trinajstić information content (AvgIpc) is 2.65. The lowest BCUT2D eigenvalue weighted by Crippen LogP contribution is -2.36. The van der Waals surface area contributed by atoms with Gasteiger partial charge in [-0.25, -0.2) is 4.98 Å². The fraction of sp³-hybridized carbons (Fsp3) is 0.167. The molecule has 0 aliphatic carbocycles. The smallest absolute Gasteiger partial charge is 0.260 e. The highest BCUT2D eigenvalue weighted by molar-refractivity contribution is 7.98. The maximum absolute atomic E-state index is 12.8. The number of para-hydroxylation sites is 1. The van der Waals surface area contributed by atoms with E-state index in [1.165, 1.54) is 11.8 Å². The van der Waals surface area contributed by atoms with E-state index < -0.39 is 0 Å². The van der Waals surface area contributed by atoms with Crippen molar-refractivity contribution in [1.29, 1.82) is 0 Å². The second kappa shape index (κ2) is 7.40. The molecule has 3 rings (SSSR count). The van der Waals surface area contributed by atoms with Gasteiger partial charge in [0.15, 0.2) is 0 Å². The van der Waals surface area contributed by atoms with Crippen molar-refractivity contribution in [1.82, 2.24) is 15.2 Å². The van der Waals surface area contributed by atoms with Crippen molar-refractivity contribution in [2.24, 2.45) is 0 Å². The van der Waals surface area contributed by atoms with E-state index >= 15 is 0 Å². The zero-order chi connectivity index (χ0) is 17.8. The number of hydrogen-bond acceptors (Lipinski definition) is 5. The minimum atomic E-state index is -0.199. The zero-order valence-corrected chi connectivity index (χ0v) is 14.8. The monoisotopic (exact) mass is 354 g/mol. The Balaban J connectivity index is 1.88. The van der Waals surface area contributed by atoms with Crippen molar-refractivity contribution in [2.45, 2.75) is 11.9 Å². The second-order valence-electron chi connectivity index (χ2n) is 5.32. The van der Waals surface area contributed by atoms with E-state index in [1.807, 2.05) is 31.4 Å². The Kier molecular flexibility index (Phi) is 5.04. The quantitative estimate of drug-likeness (QED) is 0.826. The topological polar surface area (TPSA) is 74.3 Å². The summed E-state index contributed by atoms with van der Waals surface area (Å²) in [6.07, 6.45) is 5.16. The molecule has 0 radical (unpaired) electrons. The summed E-state index contributed by atoms with van der Waals surface area (Å²) < 4.78 is 0. The number of nitrogens with zero attached hydrogens (tertiary/aromatic N) is 2. The van der Waals surface area contributed by atoms with Gasteiger partial charge in [0.25, 0.3) is 11.8 Å². The van der Waals surface area contributed by atoms with E-state index in [0.29, 0.717) is 34.2 Å². The maximum Gasteiger partial charge on any atom is 0.260 e. The van der Waals surface area contributed by atoms with Crippen molar-refractivity contribution in [3.63, 3.8) is 0 Å². The van der Waals surface area contributed by atoms with Gasteiger partial charge < -0.3 is 15.5 Å². The fourth-order valence-corrected chi connectivity index (χ4v) is 3.08. The number of hydrogen-bond donors (Lipinski definition) is 2. The van der Waals surface area contributed by atoms with Crippen molar-refractivity contribution >= 4 is 29.3 Å². The SMILES string of the molecule is CCN(/C=C1/NC(=O)c2ccccc2N1)C(=O)c1cccnc1SC. The minimum Gasteiger partial charge on any atom is -0.340 e. The van der Waals surface area contributed by atoms with E-state index in [2.05, 4.69) is 15.6 Å². The highest BCUT2D eigenvalue weighted by atomic mass is 32.2. The summed E-state index contributed by atoms with van der Waals surface area (Å²) >= 11 is 1.42. The molecule has 1 aliphatic rings. The van der Waals surface area contributed by atoms with Gasteiger partial charge in [-0.2, -0.15) is 0 Å². The molecule has 0 saturated carbocycles. The Morgan fingerprint density at radius 2 is 2.04 bits per heavy atom. The lowest BCUT2D eigenvalue weighted by atomic mass is 10.1. The van der Waals surface area contributed by atoms with Crippen molar-refractivity contribution in [2.75, 3.05) is 18.1 Å². The number of benzene rings is 1. The maximum atomic E-state index is 12.8. The van der Waals surface area contributed by atoms with Gasteiger partial charge in [0, 0.05) is 18.9 Å². The molecule has 1 aromatic carbocycles. The van der Waals surface area contributed by atoms with Crippen molar-refractivity contribution in [3.8, 4) is 0 Å². The van der Waals surface area contributed by atoms with Gasteiger partial charge in [-0.05, 0) is 37.4 Å². The number of fused-ring (bicyclic) bond motifs is 1. The van der Waals surface area contributed by atoms with Crippen molar-refractivity contribution in [3.05, 3.63) is 65.7 Å². The van der Waals surface area contributed by atoms with Crippen molar-refractivity contribution < 1.29 is 9.59 Å². The predicted octanol–water partition coefficient (Wildman–Crippen LogP) is 2.92. The highest BCUT2D eigenvalue weighted by Gasteiger charge is 2.22. The Morgan fingerprint density at radius 3 is 2.80 bits per heavy atom. The molecule has 128 valence electrons. The van der Waals surface area contributed by atoms with Crippen LogP contribution in [0.4, 0.5) is 5.69 Å². The zero-order valence-electron chi connectivity index (χ0n) is 13.9. The van der Waals surface area contributed by atoms with Crippen LogP contribution in [-0.4, -0.2) is 34.5 Å². The molecule has 6 nitrogen and oxygen atoms in total. The Hall–Kier alpha value is -2.80. The summed E-state index contributed by atoms with van der Waals surface area (Å²) in [5, 5.41) is 6.59. The van der Waals surface area contributed by atoms with Crippen LogP contribution in [0.25, 0.3) is 0 Å². The van der Waals surface area contributed by atoms with E-state index in [9.17, 15) is 9.59 Å². The van der Waals surface area contributed by atoms with Gasteiger partial charge in [-0.1, -0.05) is 12.1 Å². The highest BCUT2D eigenvalue weighted by Crippen LogP contribution is 2.22. The van der Waals surface area contributed by atoms with E-state index in [4.69, 9.17) is 0 Å². The largest absolute Gasteiger partial charge is 0.340 e. The first-order chi connectivity index (χ1) is 12.1. The van der Waals surface area contributed by atoms with Crippen LogP contribution in [0, 0.1) is 0 Å². The third kappa shape index (κ3) is 3.51. The van der Waals surface area contributed by atoms with Crippen LogP contribution in [0.15, 0.2) is 59.6 Å². The molecule has 2 amide bonds. The molecule has 2 heterocycles. The van der Waals surface area contributed by atoms with Gasteiger partial charge in [-0.3, -0.25) is 9.59 Å². The number of carbonyl (C=O) groups excluding carboxylic acids is 2. The summed E-state index contributed by atoms with van der Waals surface area (Å²) in [5.41, 5.74) is 1.83. The van der Waals surface area contributed by atoms with Gasteiger partial charge >= 0.3 is 0 Å². The lowest BCUT2D eigenvalue weighted by Gasteiger charge is -2.24. The van der Waals surface area contributed by atoms with E-state index in [0.717, 1.165) is 0 Å². The number of thioether (sulfide) groups is 1. The summed E-state index contributed by atoms with van der Waals surface area (Å²) in [5.74, 6) is 0.103. The predicted molar refractivity (Wildman–Crippen MR) is 98.3 cm³/mol. The minimum absolute atomic E-state index is 0.164. The molecule has 1 aromatic heterocycles. The fourth-order valence-electron chi connectivity index (χ4n) is 2.54. The summed E-state index contributed by atoms with van der Waals surface area (Å²) in [6.45, 7) is 2.34. The van der Waals surface area contributed by atoms with E-state index in [1.54, 1.807) is 35.5 Å². The number of pyridine rings is 1. The van der Waals surface area contributed by atoms with Gasteiger partial charge in [0.05, 0.1) is 16.8 Å². The summed E-state index contributed by atoms with van der Waals surface area (Å²) in [7, 11) is 0. The molecule has 0 fully saturated rings. The molecule has 7 heteroatoms. The second-order valence-corrected chi connectivity index (χ2v) is 6.11. The number of aromatic nitrogens is 1. The first kappa shape index (κ1) is 17.0. The molecule has 2 aromatic rings. The third-order valence-electron chi connectivity index (χ3n) is 3.77. The molecule has 0 unspecified atom stereocenters. The summed E-state index contributed by atoms with van der Waals surface area (Å²) in [4.78, 5) is 30.8. The molecular weight excluding hydrogens is 336 g/mol. The van der Waals surface area contributed by atoms with Crippen LogP contribution in [0.1, 0.15) is 27.6 Å². The van der Waals surface area contributed by atoms with E-state index in [-0.39, 0.29) is 11.8 Å². The number of rotatable bonds is 4. The molecule has 0 saturated heterocycles. The first-order valence-electron chi connectivity index (χ1n) is 7.83. The normalized spacial score (nSPS) is 14.5. The number of amides is 2. The molecule has 1 aliphatic heterocycles. The van der Waals surface area contributed by atoms with Gasteiger partial charge in [0.1, 0.15) is 10.8 Å². The van der Waals surface area contributed by atoms with Crippen LogP contribution < -0.4 is 10.6 Å². The molecule has 0 spiro atoms. The number of nitrogens with one attached hydrogen (secondary N) is 2. The first-order valence-corrected chi connectivity index (χ1v) is 9.05. The molecule has 25 heavy (non-hydrogen) atoms. The average molecular weight is 354 g/mol. The Morgan fingerprint density at radius 1 is 1.24 bits per heavy atom. The summed E-state index contributed by atoms with van der Waals surface area (Å²) in [6, 6.07) is 10.7. The Labute approximate surface area is 150 Å². The molecular formula is C18H18N4O2S.